The van der Waals surface area contributed by atoms with E-state index in [-0.39, 0.29) is 36.2 Å². The van der Waals surface area contributed by atoms with Gasteiger partial charge >= 0.3 is 0 Å². The van der Waals surface area contributed by atoms with Gasteiger partial charge in [-0.1, -0.05) is 24.3 Å². The lowest BCUT2D eigenvalue weighted by atomic mass is 9.81. The number of pyridine rings is 1. The number of amides is 2. The maximum atomic E-state index is 14.0. The number of halogens is 1. The van der Waals surface area contributed by atoms with E-state index in [0.717, 1.165) is 29.5 Å². The summed E-state index contributed by atoms with van der Waals surface area (Å²) in [5.74, 6) is -0.120. The number of nitrogens with two attached hydrogens (primary N) is 2. The fraction of sp³-hybridized carbons (Fsp3) is 0.310. The molecular formula is C29H33ClN8O3. The first kappa shape index (κ1) is 29.6. The lowest BCUT2D eigenvalue weighted by Crippen LogP contribution is -2.52. The lowest BCUT2D eigenvalue weighted by Gasteiger charge is -2.35. The van der Waals surface area contributed by atoms with Gasteiger partial charge in [0, 0.05) is 35.3 Å². The molecule has 41 heavy (non-hydrogen) atoms. The molecular weight excluding hydrogens is 544 g/mol. The molecule has 2 heterocycles. The van der Waals surface area contributed by atoms with Crippen LogP contribution in [0.25, 0.3) is 22.5 Å². The number of rotatable bonds is 9. The molecule has 1 saturated carbocycles. The van der Waals surface area contributed by atoms with Crippen LogP contribution in [0.2, 0.25) is 0 Å². The molecule has 1 aliphatic rings. The maximum Gasteiger partial charge on any atom is 0.255 e. The van der Waals surface area contributed by atoms with Crippen LogP contribution in [0.15, 0.2) is 71.7 Å². The van der Waals surface area contributed by atoms with E-state index in [4.69, 9.17) is 11.5 Å². The second-order valence-corrected chi connectivity index (χ2v) is 10.2. The summed E-state index contributed by atoms with van der Waals surface area (Å²) in [6.45, 7) is 0.608. The second-order valence-electron chi connectivity index (χ2n) is 10.2. The molecule has 0 bridgehead atoms. The van der Waals surface area contributed by atoms with Crippen molar-refractivity contribution in [2.45, 2.75) is 38.1 Å². The Labute approximate surface area is 243 Å². The highest BCUT2D eigenvalue weighted by atomic mass is 35.5. The number of nitrogens with one attached hydrogen (secondary N) is 2. The lowest BCUT2D eigenvalue weighted by molar-refractivity contribution is -0.127. The average Bonchev–Trinajstić information content (AvgIpc) is 3.53. The first-order valence-corrected chi connectivity index (χ1v) is 13.4. The Morgan fingerprint density at radius 2 is 1.66 bits per heavy atom. The molecule has 0 spiro atoms. The minimum atomic E-state index is -0.915. The maximum absolute atomic E-state index is 14.0. The quantitative estimate of drug-likeness (QED) is 0.237. The molecule has 11 nitrogen and oxygen atoms in total. The third-order valence-electron chi connectivity index (χ3n) is 7.67. The van der Waals surface area contributed by atoms with Crippen LogP contribution >= 0.6 is 12.4 Å². The Morgan fingerprint density at radius 3 is 2.24 bits per heavy atom. The Hall–Kier alpha value is -4.35. The molecule has 1 atom stereocenters. The fourth-order valence-corrected chi connectivity index (χ4v) is 5.37. The van der Waals surface area contributed by atoms with Crippen LogP contribution in [-0.4, -0.2) is 50.0 Å². The normalized spacial score (nSPS) is 17.3. The molecule has 0 unspecified atom stereocenters. The van der Waals surface area contributed by atoms with Gasteiger partial charge in [0.25, 0.3) is 5.56 Å². The van der Waals surface area contributed by atoms with Gasteiger partial charge in [-0.25, -0.2) is 0 Å². The molecule has 1 aliphatic carbocycles. The molecule has 0 radical (unpaired) electrons. The summed E-state index contributed by atoms with van der Waals surface area (Å²) in [4.78, 5) is 43.4. The van der Waals surface area contributed by atoms with Crippen molar-refractivity contribution in [1.29, 1.82) is 0 Å². The van der Waals surface area contributed by atoms with E-state index in [1.807, 2.05) is 24.3 Å². The molecule has 0 aliphatic heterocycles. The Balaban J connectivity index is 0.00000387. The van der Waals surface area contributed by atoms with E-state index in [9.17, 15) is 14.4 Å². The fourth-order valence-electron chi connectivity index (χ4n) is 5.37. The predicted octanol–water partition coefficient (Wildman–Crippen LogP) is 2.84. The topological polar surface area (TPSA) is 177 Å². The van der Waals surface area contributed by atoms with E-state index in [0.29, 0.717) is 42.4 Å². The van der Waals surface area contributed by atoms with Crippen molar-refractivity contribution >= 4 is 29.9 Å². The minimum absolute atomic E-state index is 0. The number of aromatic amines is 2. The molecule has 2 aromatic heterocycles. The summed E-state index contributed by atoms with van der Waals surface area (Å²) in [6, 6.07) is 17.1. The molecule has 4 aromatic rings. The van der Waals surface area contributed by atoms with Gasteiger partial charge in [-0.05, 0) is 90.9 Å². The number of benzene rings is 2. The van der Waals surface area contributed by atoms with E-state index in [2.05, 4.69) is 25.6 Å². The van der Waals surface area contributed by atoms with Gasteiger partial charge in [0.2, 0.25) is 17.6 Å². The zero-order valence-corrected chi connectivity index (χ0v) is 23.2. The number of primary amides is 1. The van der Waals surface area contributed by atoms with Crippen LogP contribution in [0.1, 0.15) is 31.2 Å². The highest BCUT2D eigenvalue weighted by Gasteiger charge is 2.36. The van der Waals surface area contributed by atoms with Crippen LogP contribution < -0.4 is 21.9 Å². The third-order valence-corrected chi connectivity index (χ3v) is 7.67. The van der Waals surface area contributed by atoms with Gasteiger partial charge in [-0.2, -0.15) is 5.21 Å². The van der Waals surface area contributed by atoms with Gasteiger partial charge in [-0.15, -0.1) is 22.6 Å². The van der Waals surface area contributed by atoms with Gasteiger partial charge in [0.15, 0.2) is 0 Å². The van der Waals surface area contributed by atoms with Crippen LogP contribution in [0.5, 0.6) is 0 Å². The van der Waals surface area contributed by atoms with Crippen molar-refractivity contribution in [3.63, 3.8) is 0 Å². The summed E-state index contributed by atoms with van der Waals surface area (Å²) in [5, 5.41) is 14.0. The summed E-state index contributed by atoms with van der Waals surface area (Å²) in [7, 11) is 0. The monoisotopic (exact) mass is 576 g/mol. The molecule has 6 N–H and O–H groups in total. The number of anilines is 1. The van der Waals surface area contributed by atoms with Gasteiger partial charge < -0.3 is 16.5 Å². The number of H-pyrrole nitrogens is 2. The van der Waals surface area contributed by atoms with E-state index in [1.54, 1.807) is 47.5 Å². The van der Waals surface area contributed by atoms with Crippen molar-refractivity contribution < 1.29 is 9.59 Å². The van der Waals surface area contributed by atoms with Crippen molar-refractivity contribution in [3.05, 3.63) is 82.8 Å². The van der Waals surface area contributed by atoms with Gasteiger partial charge in [0.05, 0.1) is 0 Å². The summed E-state index contributed by atoms with van der Waals surface area (Å²) in [6.07, 6.45) is 4.98. The number of tetrazole rings is 1. The Morgan fingerprint density at radius 1 is 0.976 bits per heavy atom. The summed E-state index contributed by atoms with van der Waals surface area (Å²) < 4.78 is 0. The number of nitrogens with zero attached hydrogens (tertiary/aromatic N) is 4. The van der Waals surface area contributed by atoms with E-state index >= 15 is 0 Å². The molecule has 2 aromatic carbocycles. The smallest absolute Gasteiger partial charge is 0.255 e. The molecule has 0 saturated heterocycles. The van der Waals surface area contributed by atoms with Crippen molar-refractivity contribution in [2.24, 2.45) is 23.3 Å². The number of carbonyl (C=O) groups is 2. The average molecular weight is 577 g/mol. The van der Waals surface area contributed by atoms with Crippen LogP contribution in [0.3, 0.4) is 0 Å². The number of carbonyl (C=O) groups excluding carboxylic acids is 2. The molecule has 2 amide bonds. The Bertz CT molecular complexity index is 1500. The largest absolute Gasteiger partial charge is 0.368 e. The number of hydrogen-bond acceptors (Lipinski definition) is 7. The van der Waals surface area contributed by atoms with Crippen LogP contribution in [0.4, 0.5) is 5.69 Å². The minimum Gasteiger partial charge on any atom is -0.368 e. The molecule has 1 fully saturated rings. The molecule has 214 valence electrons. The van der Waals surface area contributed by atoms with Gasteiger partial charge in [0.1, 0.15) is 6.04 Å². The number of aromatic nitrogens is 5. The zero-order valence-electron chi connectivity index (χ0n) is 22.4. The predicted molar refractivity (Wildman–Crippen MR) is 158 cm³/mol. The van der Waals surface area contributed by atoms with Crippen molar-refractivity contribution in [3.8, 4) is 22.5 Å². The highest BCUT2D eigenvalue weighted by Crippen LogP contribution is 2.33. The summed E-state index contributed by atoms with van der Waals surface area (Å²) >= 11 is 0. The van der Waals surface area contributed by atoms with Crippen molar-refractivity contribution in [2.75, 3.05) is 11.4 Å². The molecule has 12 heteroatoms. The second kappa shape index (κ2) is 13.3. The number of hydrogen-bond donors (Lipinski definition) is 4. The first-order valence-electron chi connectivity index (χ1n) is 13.4. The van der Waals surface area contributed by atoms with Crippen molar-refractivity contribution in [1.82, 2.24) is 25.6 Å². The van der Waals surface area contributed by atoms with Crippen LogP contribution in [-0.2, 0) is 16.0 Å². The standard InChI is InChI=1S/C29H32N8O3.ClH/c30-17-19-5-9-22(10-6-19)29(40)37(23-13-11-21(12-14-23)27-33-35-36-34-27)25(26(31)38)16-18-3-7-20(8-4-18)24-2-1-15-32-28(24)39;/h1-4,7-8,11-15,19,22,25H,5-6,9-10,16-17,30H2,(H2,31,38)(H,32,39)(H,33,34,35,36);1H/t19?,22?,25-;/m0./s1. The van der Waals surface area contributed by atoms with Crippen LogP contribution in [0, 0.1) is 11.8 Å². The Kier molecular flexibility index (Phi) is 9.64. The first-order chi connectivity index (χ1) is 19.4. The van der Waals surface area contributed by atoms with E-state index < -0.39 is 11.9 Å². The molecule has 5 rings (SSSR count). The summed E-state index contributed by atoms with van der Waals surface area (Å²) in [5.41, 5.74) is 15.0. The van der Waals surface area contributed by atoms with E-state index in [1.165, 1.54) is 0 Å². The third kappa shape index (κ3) is 6.69. The SMILES string of the molecule is Cl.NCC1CCC(C(=O)N(c2ccc(-c3nn[nH]n3)cc2)[C@@H](Cc2ccc(-c3ccc[nH]c3=O)cc2)C(N)=O)CC1. The highest BCUT2D eigenvalue weighted by molar-refractivity contribution is 6.01. The zero-order chi connectivity index (χ0) is 28.1. The van der Waals surface area contributed by atoms with Gasteiger partial charge in [-0.3, -0.25) is 19.3 Å².